The maximum Gasteiger partial charge on any atom is 0.322 e. The van der Waals surface area contributed by atoms with Crippen LogP contribution in [0.25, 0.3) is 0 Å². The Morgan fingerprint density at radius 2 is 0.531 bits per heavy atom. The first-order valence-electron chi connectivity index (χ1n) is 36.7. The molecule has 0 aromatic heterocycles. The molecule has 538 valence electrons. The third kappa shape index (κ3) is 10.8. The van der Waals surface area contributed by atoms with Gasteiger partial charge in [-0.15, -0.1) is 0 Å². The molecule has 32 atom stereocenters. The molecule has 96 heavy (non-hydrogen) atoms. The quantitative estimate of drug-likeness (QED) is 0.0844. The Morgan fingerprint density at radius 1 is 0.312 bits per heavy atom. The van der Waals surface area contributed by atoms with Gasteiger partial charge in [-0.05, 0) is 152 Å². The zero-order valence-corrected chi connectivity index (χ0v) is 58.1. The molecule has 20 rings (SSSR count). The van der Waals surface area contributed by atoms with Crippen LogP contribution in [0, 0.1) is 94.7 Å². The molecule has 26 nitrogen and oxygen atoms in total. The van der Waals surface area contributed by atoms with Crippen molar-refractivity contribution < 1.29 is 115 Å². The maximum atomic E-state index is 14.9. The van der Waals surface area contributed by atoms with Gasteiger partial charge in [-0.1, -0.05) is 55.4 Å². The summed E-state index contributed by atoms with van der Waals surface area (Å²) in [6, 6.07) is 0. The molecule has 16 heterocycles. The summed E-state index contributed by atoms with van der Waals surface area (Å²) >= 11 is 0. The van der Waals surface area contributed by atoms with E-state index < -0.39 is 146 Å². The molecule has 8 bridgehead atoms. The summed E-state index contributed by atoms with van der Waals surface area (Å²) in [6.45, 7) is 22.4. The first-order chi connectivity index (χ1) is 45.7. The molecule has 0 radical (unpaired) electrons. The molecule has 4 spiro atoms. The van der Waals surface area contributed by atoms with Crippen LogP contribution >= 0.6 is 0 Å². The first kappa shape index (κ1) is 67.6. The van der Waals surface area contributed by atoms with Gasteiger partial charge >= 0.3 is 23.9 Å². The maximum absolute atomic E-state index is 14.9. The van der Waals surface area contributed by atoms with E-state index in [4.69, 9.17) is 95.9 Å². The van der Waals surface area contributed by atoms with Gasteiger partial charge in [0, 0.05) is 86.1 Å². The fourth-order valence-corrected chi connectivity index (χ4v) is 22.1. The van der Waals surface area contributed by atoms with E-state index in [1.54, 1.807) is 9.80 Å². The first-order valence-corrected chi connectivity index (χ1v) is 36.7. The molecule has 0 amide bonds. The van der Waals surface area contributed by atoms with E-state index in [2.05, 4.69) is 27.7 Å². The largest absolute Gasteiger partial charge is 0.434 e. The van der Waals surface area contributed by atoms with E-state index in [1.807, 2.05) is 55.4 Å². The van der Waals surface area contributed by atoms with Crippen molar-refractivity contribution in [1.82, 2.24) is 9.80 Å². The van der Waals surface area contributed by atoms with Gasteiger partial charge in [0.1, 0.15) is 0 Å². The second-order valence-corrected chi connectivity index (χ2v) is 33.5. The number of carbonyl (C=O) groups excluding carboxylic acids is 4. The van der Waals surface area contributed by atoms with Gasteiger partial charge in [-0.25, -0.2) is 39.1 Å². The Morgan fingerprint density at radius 3 is 0.750 bits per heavy atom. The molecule has 0 aromatic carbocycles. The van der Waals surface area contributed by atoms with Gasteiger partial charge in [-0.3, -0.25) is 29.0 Å². The minimum atomic E-state index is -1.06. The van der Waals surface area contributed by atoms with Crippen molar-refractivity contribution in [3.8, 4) is 0 Å². The predicted molar refractivity (Wildman–Crippen MR) is 325 cm³/mol. The molecule has 4 aliphatic carbocycles. The highest BCUT2D eigenvalue weighted by Gasteiger charge is 2.75. The minimum Gasteiger partial charge on any atom is -0.434 e. The molecular weight excluding hydrogens is 1250 g/mol. The summed E-state index contributed by atoms with van der Waals surface area (Å²) in [4.78, 5) is 112. The zero-order chi connectivity index (χ0) is 67.0. The summed E-state index contributed by atoms with van der Waals surface area (Å²) in [7, 11) is 0. The van der Waals surface area contributed by atoms with Crippen molar-refractivity contribution >= 4 is 23.9 Å². The van der Waals surface area contributed by atoms with E-state index >= 15 is 0 Å². The van der Waals surface area contributed by atoms with E-state index in [0.717, 1.165) is 77.0 Å². The molecule has 4 saturated carbocycles. The summed E-state index contributed by atoms with van der Waals surface area (Å²) in [5.74, 6) is -7.33. The van der Waals surface area contributed by atoms with Crippen molar-refractivity contribution in [1.29, 1.82) is 0 Å². The van der Waals surface area contributed by atoms with Crippen molar-refractivity contribution in [3.05, 3.63) is 0 Å². The third-order valence-corrected chi connectivity index (χ3v) is 27.5. The molecule has 0 N–H and O–H groups in total. The Labute approximate surface area is 562 Å². The highest BCUT2D eigenvalue weighted by molar-refractivity contribution is 5.76. The molecule has 20 aliphatic rings. The molecule has 16 aliphatic heterocycles. The monoisotopic (exact) mass is 1360 g/mol. The molecular formula is C70H104N2O24. The van der Waals surface area contributed by atoms with Gasteiger partial charge in [0.25, 0.3) is 0 Å². The number of hydrogen-bond acceptors (Lipinski definition) is 26. The second kappa shape index (κ2) is 24.4. The van der Waals surface area contributed by atoms with E-state index in [9.17, 15) is 19.2 Å². The molecule has 0 aromatic rings. The van der Waals surface area contributed by atoms with Crippen LogP contribution in [0.1, 0.15) is 186 Å². The summed E-state index contributed by atoms with van der Waals surface area (Å²) in [5, 5.41) is 0. The lowest BCUT2D eigenvalue weighted by molar-refractivity contribution is -0.576. The Hall–Kier alpha value is -2.84. The highest BCUT2D eigenvalue weighted by atomic mass is 17.3. The van der Waals surface area contributed by atoms with Crippen molar-refractivity contribution in [2.24, 2.45) is 94.7 Å². The van der Waals surface area contributed by atoms with Crippen LogP contribution in [0.15, 0.2) is 0 Å². The van der Waals surface area contributed by atoms with E-state index in [-0.39, 0.29) is 84.1 Å². The molecule has 26 heteroatoms. The lowest BCUT2D eigenvalue weighted by Crippen LogP contribution is -2.70. The smallest absolute Gasteiger partial charge is 0.322 e. The number of carbonyl (C=O) groups is 4. The number of nitrogens with zero attached hydrogens (tertiary/aromatic N) is 2. The van der Waals surface area contributed by atoms with Crippen LogP contribution < -0.4 is 0 Å². The van der Waals surface area contributed by atoms with Crippen LogP contribution in [0.5, 0.6) is 0 Å². The van der Waals surface area contributed by atoms with Gasteiger partial charge in [0.2, 0.25) is 48.3 Å². The van der Waals surface area contributed by atoms with E-state index in [1.165, 1.54) is 0 Å². The number of rotatable bonds is 15. The van der Waals surface area contributed by atoms with Gasteiger partial charge < -0.3 is 56.8 Å². The van der Waals surface area contributed by atoms with Gasteiger partial charge in [0.15, 0.2) is 47.6 Å². The normalized spacial score (nSPS) is 53.9. The number of fused-ring (bicyclic) bond motifs is 8. The Bertz CT molecular complexity index is 2610. The topological polar surface area (TPSA) is 259 Å². The zero-order valence-electron chi connectivity index (χ0n) is 58.1. The van der Waals surface area contributed by atoms with Gasteiger partial charge in [0.05, 0.1) is 26.2 Å². The highest BCUT2D eigenvalue weighted by Crippen LogP contribution is 2.66. The van der Waals surface area contributed by atoms with Crippen molar-refractivity contribution in [2.45, 2.75) is 282 Å². The van der Waals surface area contributed by atoms with Crippen LogP contribution in [0.4, 0.5) is 0 Å². The van der Waals surface area contributed by atoms with E-state index in [0.29, 0.717) is 49.4 Å². The minimum absolute atomic E-state index is 0.0767. The number of esters is 4. The van der Waals surface area contributed by atoms with Crippen LogP contribution in [-0.2, 0) is 115 Å². The standard InChI is InChI=1S/C70H104N2O24/c1-35-13-17-47-39(5)55(81-59-67(47)43(35)21-25-63(9,85-59)89-93-67)77-51(73)31-71(32-52(74)78-56-40(6)48-18-14-36(2)44-22-26-64(10)86-60(82-56)68(44,48)94-90-64)29-30-72(33-53(75)79-57-41(7)49-19-15-37(3)45-23-27-65(11)87-61(83-57)69(45,49)95-91-65)34-54(76)80-58-42(8)50-20-16-38(4)46-24-28-66(12)88-62(84-58)70(46,50)96-92-66/h35-50,55-62H,13-34H2,1-12H3/t35-,36-,37-,38-,39-,40-,41-,42-,43+,44+,45+,46+,47+,48+,49+,50+,55?,56?,57?,58?,59-,60-,61-,62-,63?,64?,65?,66?,67-,68-,69-,70-/m1/s1. The second-order valence-electron chi connectivity index (χ2n) is 33.5. The van der Waals surface area contributed by atoms with Crippen molar-refractivity contribution in [2.75, 3.05) is 39.3 Å². The van der Waals surface area contributed by atoms with Crippen LogP contribution in [-0.4, -0.2) is 169 Å². The summed E-state index contributed by atoms with van der Waals surface area (Å²) in [5.41, 5.74) is -3.61. The average Bonchev–Trinajstić information content (AvgIpc) is 1.35. The third-order valence-electron chi connectivity index (χ3n) is 27.5. The van der Waals surface area contributed by atoms with Crippen molar-refractivity contribution in [3.63, 3.8) is 0 Å². The molecule has 16 saturated heterocycles. The van der Waals surface area contributed by atoms with Crippen LogP contribution in [0.3, 0.4) is 0 Å². The van der Waals surface area contributed by atoms with Gasteiger partial charge in [-0.2, -0.15) is 0 Å². The predicted octanol–water partition coefficient (Wildman–Crippen LogP) is 8.60. The Kier molecular flexibility index (Phi) is 17.2. The molecule has 8 unspecified atom stereocenters. The summed E-state index contributed by atoms with van der Waals surface area (Å²) < 4.78 is 78.8. The lowest BCUT2D eigenvalue weighted by Gasteiger charge is -2.60. The fourth-order valence-electron chi connectivity index (χ4n) is 22.1. The Balaban J connectivity index is 0.667. The summed E-state index contributed by atoms with van der Waals surface area (Å²) in [6.07, 6.45) is 4.90. The SMILES string of the molecule is C[C@@H]1CC[C@H]2[C@@H](C)C(OC(=O)CN(CCN(CC(=O)OC3O[C@@H]4OC5(C)CC[C@H]6[C@H](C)CC[C@@H]([C@H]3C)[C@@]46OO5)CC(=O)OC3O[C@@H]4OC5(C)CC[C@H]6[C@H](C)CC[C@@H]([C@H]3C)[C@@]46OO5)CC(=O)OC3O[C@@H]4OC5(C)CC[C@H]6[C@H](C)CC[C@@H]([C@H]3C)[C@@]46OO5)O[C@@H]3OC4(C)CC[C@@H]1[C@]32OO4. The molecule has 20 fully saturated rings. The average molecular weight is 1360 g/mol. The fraction of sp³-hybridized carbons (Fsp3) is 0.943. The lowest BCUT2D eigenvalue weighted by atomic mass is 9.58. The number of hydrogen-bond donors (Lipinski definition) is 0. The number of ether oxygens (including phenoxy) is 12. The van der Waals surface area contributed by atoms with Crippen LogP contribution in [0.2, 0.25) is 0 Å².